The van der Waals surface area contributed by atoms with Crippen molar-refractivity contribution in [2.24, 2.45) is 0 Å². The van der Waals surface area contributed by atoms with Gasteiger partial charge in [0, 0.05) is 4.92 Å². The molecular formula is C9H21NO2. The lowest BCUT2D eigenvalue weighted by molar-refractivity contribution is -0.445. The van der Waals surface area contributed by atoms with E-state index < -0.39 is 4.92 Å². The number of nitro groups is 1. The van der Waals surface area contributed by atoms with E-state index in [1.165, 1.54) is 38.5 Å². The summed E-state index contributed by atoms with van der Waals surface area (Å²) in [5.41, 5.74) is 0. The summed E-state index contributed by atoms with van der Waals surface area (Å²) >= 11 is 0. The summed E-state index contributed by atoms with van der Waals surface area (Å²) in [4.78, 5) is 8.31. The molecule has 0 saturated heterocycles. The molecule has 0 amide bonds. The predicted octanol–water partition coefficient (Wildman–Crippen LogP) is 3.26. The highest BCUT2D eigenvalue weighted by molar-refractivity contribution is 4.39. The van der Waals surface area contributed by atoms with Gasteiger partial charge in [-0.1, -0.05) is 52.4 Å². The topological polar surface area (TPSA) is 43.1 Å². The van der Waals surface area contributed by atoms with Gasteiger partial charge >= 0.3 is 0 Å². The molecule has 0 aromatic carbocycles. The van der Waals surface area contributed by atoms with Crippen LogP contribution < -0.4 is 0 Å². The maximum atomic E-state index is 8.81. The number of nitrogens with zero attached hydrogens (tertiary/aromatic N) is 1. The summed E-state index contributed by atoms with van der Waals surface area (Å²) in [5, 5.41) is 8.81. The fraction of sp³-hybridized carbons (Fsp3) is 1.00. The van der Waals surface area contributed by atoms with E-state index in [0.29, 0.717) is 0 Å². The molecule has 3 nitrogen and oxygen atoms in total. The van der Waals surface area contributed by atoms with E-state index in [1.807, 2.05) is 0 Å². The lowest BCUT2D eigenvalue weighted by atomic mass is 10.1. The van der Waals surface area contributed by atoms with Crippen LogP contribution >= 0.6 is 0 Å². The Balaban J connectivity index is 0. The fourth-order valence-electron chi connectivity index (χ4n) is 0.854. The Labute approximate surface area is 75.3 Å². The first-order valence-electron chi connectivity index (χ1n) is 4.73. The standard InChI is InChI=1S/C8H18.CH3NO2/c1-3-5-7-8-6-4-2;1-2(3)4/h3-8H2,1-2H3;1H3. The molecule has 0 aliphatic carbocycles. The molecule has 0 heterocycles. The maximum absolute atomic E-state index is 8.81. The second kappa shape index (κ2) is 13.0. The van der Waals surface area contributed by atoms with Crippen molar-refractivity contribution in [2.45, 2.75) is 52.4 Å². The van der Waals surface area contributed by atoms with E-state index in [-0.39, 0.29) is 0 Å². The second-order valence-electron chi connectivity index (χ2n) is 2.85. The van der Waals surface area contributed by atoms with Crippen LogP contribution in [-0.2, 0) is 0 Å². The summed E-state index contributed by atoms with van der Waals surface area (Å²) in [6.45, 7) is 4.51. The predicted molar refractivity (Wildman–Crippen MR) is 52.0 cm³/mol. The van der Waals surface area contributed by atoms with Gasteiger partial charge < -0.3 is 0 Å². The molecule has 0 radical (unpaired) electrons. The summed E-state index contributed by atoms with van der Waals surface area (Å²) < 4.78 is 0. The van der Waals surface area contributed by atoms with E-state index >= 15 is 0 Å². The monoisotopic (exact) mass is 175 g/mol. The van der Waals surface area contributed by atoms with Gasteiger partial charge in [-0.3, -0.25) is 10.1 Å². The highest BCUT2D eigenvalue weighted by Gasteiger charge is 1.83. The first kappa shape index (κ1) is 14.0. The number of rotatable bonds is 5. The Kier molecular flexibility index (Phi) is 15.1. The number of unbranched alkanes of at least 4 members (excludes halogenated alkanes) is 5. The van der Waals surface area contributed by atoms with Gasteiger partial charge in [0.25, 0.3) is 0 Å². The average Bonchev–Trinajstić information content (AvgIpc) is 1.97. The van der Waals surface area contributed by atoms with Gasteiger partial charge in [-0.05, 0) is 0 Å². The molecule has 0 atom stereocenters. The van der Waals surface area contributed by atoms with E-state index in [1.54, 1.807) is 0 Å². The van der Waals surface area contributed by atoms with Crippen LogP contribution in [0.4, 0.5) is 0 Å². The second-order valence-corrected chi connectivity index (χ2v) is 2.85. The Hall–Kier alpha value is -0.600. The Morgan fingerprint density at radius 2 is 1.25 bits per heavy atom. The van der Waals surface area contributed by atoms with E-state index in [9.17, 15) is 0 Å². The van der Waals surface area contributed by atoms with Gasteiger partial charge in [0.1, 0.15) is 0 Å². The van der Waals surface area contributed by atoms with E-state index in [4.69, 9.17) is 10.1 Å². The normalized spacial score (nSPS) is 8.58. The van der Waals surface area contributed by atoms with E-state index in [0.717, 1.165) is 7.05 Å². The van der Waals surface area contributed by atoms with Crippen molar-refractivity contribution < 1.29 is 4.92 Å². The molecule has 0 saturated carbocycles. The van der Waals surface area contributed by atoms with Crippen LogP contribution in [0, 0.1) is 10.1 Å². The Morgan fingerprint density at radius 1 is 1.00 bits per heavy atom. The molecule has 74 valence electrons. The minimum atomic E-state index is -0.500. The van der Waals surface area contributed by atoms with Crippen molar-refractivity contribution in [2.75, 3.05) is 7.05 Å². The molecule has 0 aromatic rings. The molecule has 0 aliphatic rings. The third-order valence-electron chi connectivity index (χ3n) is 1.46. The Morgan fingerprint density at radius 3 is 1.42 bits per heavy atom. The van der Waals surface area contributed by atoms with Crippen molar-refractivity contribution in [3.05, 3.63) is 10.1 Å². The molecule has 0 aromatic heterocycles. The third kappa shape index (κ3) is 34.3. The zero-order valence-corrected chi connectivity index (χ0v) is 8.51. The van der Waals surface area contributed by atoms with Crippen molar-refractivity contribution >= 4 is 0 Å². The summed E-state index contributed by atoms with van der Waals surface area (Å²) in [6.07, 6.45) is 8.49. The van der Waals surface area contributed by atoms with Crippen LogP contribution in [0.25, 0.3) is 0 Å². The highest BCUT2D eigenvalue weighted by Crippen LogP contribution is 2.03. The van der Waals surface area contributed by atoms with Crippen LogP contribution in [0.1, 0.15) is 52.4 Å². The molecule has 0 aliphatic heterocycles. The summed E-state index contributed by atoms with van der Waals surface area (Å²) in [6, 6.07) is 0. The van der Waals surface area contributed by atoms with Crippen LogP contribution in [-0.4, -0.2) is 12.0 Å². The minimum Gasteiger partial charge on any atom is -0.265 e. The smallest absolute Gasteiger partial charge is 0.194 e. The fourth-order valence-corrected chi connectivity index (χ4v) is 0.854. The minimum absolute atomic E-state index is 0.500. The lowest BCUT2D eigenvalue weighted by Crippen LogP contribution is -1.79. The van der Waals surface area contributed by atoms with Crippen molar-refractivity contribution in [3.63, 3.8) is 0 Å². The summed E-state index contributed by atoms with van der Waals surface area (Å²) in [7, 11) is 0.889. The average molecular weight is 175 g/mol. The van der Waals surface area contributed by atoms with Crippen molar-refractivity contribution in [1.29, 1.82) is 0 Å². The number of hydrogen-bond acceptors (Lipinski definition) is 2. The zero-order chi connectivity index (χ0) is 9.82. The molecule has 0 fully saturated rings. The largest absolute Gasteiger partial charge is 0.265 e. The maximum Gasteiger partial charge on any atom is 0.194 e. The van der Waals surface area contributed by atoms with Crippen LogP contribution in [0.5, 0.6) is 0 Å². The zero-order valence-electron chi connectivity index (χ0n) is 8.51. The Bertz CT molecular complexity index is 84.5. The van der Waals surface area contributed by atoms with Crippen LogP contribution in [0.3, 0.4) is 0 Å². The SMILES string of the molecule is CCCCCCCC.C[N+](=O)[O-]. The van der Waals surface area contributed by atoms with Crippen molar-refractivity contribution in [3.8, 4) is 0 Å². The lowest BCUT2D eigenvalue weighted by Gasteiger charge is -1.93. The quantitative estimate of drug-likeness (QED) is 0.365. The van der Waals surface area contributed by atoms with Crippen molar-refractivity contribution in [1.82, 2.24) is 0 Å². The van der Waals surface area contributed by atoms with Gasteiger partial charge in [0.15, 0.2) is 7.05 Å². The number of hydrogen-bond donors (Lipinski definition) is 0. The highest BCUT2D eigenvalue weighted by atomic mass is 16.6. The van der Waals surface area contributed by atoms with Crippen LogP contribution in [0.15, 0.2) is 0 Å². The van der Waals surface area contributed by atoms with Gasteiger partial charge in [-0.2, -0.15) is 0 Å². The molecular weight excluding hydrogens is 154 g/mol. The molecule has 0 rings (SSSR count). The molecule has 3 heteroatoms. The van der Waals surface area contributed by atoms with E-state index in [2.05, 4.69) is 13.8 Å². The van der Waals surface area contributed by atoms with Gasteiger partial charge in [-0.25, -0.2) is 0 Å². The summed E-state index contributed by atoms with van der Waals surface area (Å²) in [5.74, 6) is 0. The third-order valence-corrected chi connectivity index (χ3v) is 1.46. The van der Waals surface area contributed by atoms with Gasteiger partial charge in [-0.15, -0.1) is 0 Å². The van der Waals surface area contributed by atoms with Gasteiger partial charge in [0.05, 0.1) is 0 Å². The first-order chi connectivity index (χ1) is 5.65. The van der Waals surface area contributed by atoms with Gasteiger partial charge in [0.2, 0.25) is 0 Å². The van der Waals surface area contributed by atoms with Crippen LogP contribution in [0.2, 0.25) is 0 Å². The molecule has 0 N–H and O–H groups in total. The molecule has 0 spiro atoms. The molecule has 0 unspecified atom stereocenters. The molecule has 12 heavy (non-hydrogen) atoms. The molecule has 0 bridgehead atoms. The first-order valence-corrected chi connectivity index (χ1v) is 4.73.